The molecule has 16 heavy (non-hydrogen) atoms. The molecule has 1 aliphatic rings. The Morgan fingerprint density at radius 3 is 2.00 bits per heavy atom. The van der Waals surface area contributed by atoms with Gasteiger partial charge in [0.05, 0.1) is 0 Å². The fraction of sp³-hybridized carbons (Fsp3) is 0.375. The Morgan fingerprint density at radius 1 is 0.938 bits per heavy atom. The minimum absolute atomic E-state index is 0.282. The third-order valence-corrected chi connectivity index (χ3v) is 4.00. The number of benzene rings is 1. The monoisotopic (exact) mass is 212 g/mol. The van der Waals surface area contributed by atoms with Crippen molar-refractivity contribution in [2.24, 2.45) is 5.92 Å². The summed E-state index contributed by atoms with van der Waals surface area (Å²) in [6.45, 7) is 4.60. The molecule has 0 aromatic heterocycles. The molecule has 0 saturated carbocycles. The first-order chi connectivity index (χ1) is 7.83. The van der Waals surface area contributed by atoms with Crippen LogP contribution >= 0.6 is 0 Å². The van der Waals surface area contributed by atoms with Crippen molar-refractivity contribution in [1.29, 1.82) is 0 Å². The van der Waals surface area contributed by atoms with E-state index in [1.165, 1.54) is 18.4 Å². The van der Waals surface area contributed by atoms with Crippen molar-refractivity contribution in [2.75, 3.05) is 0 Å². The zero-order valence-corrected chi connectivity index (χ0v) is 10.2. The van der Waals surface area contributed by atoms with E-state index in [4.69, 9.17) is 0 Å². The van der Waals surface area contributed by atoms with Crippen LogP contribution in [0.2, 0.25) is 0 Å². The maximum absolute atomic E-state index is 2.33. The maximum Gasteiger partial charge on any atom is 0.00496 e. The fourth-order valence-corrected chi connectivity index (χ4v) is 2.89. The molecule has 0 spiro atoms. The second-order valence-electron chi connectivity index (χ2n) is 4.52. The van der Waals surface area contributed by atoms with E-state index in [2.05, 4.69) is 68.5 Å². The quantitative estimate of drug-likeness (QED) is 0.690. The molecule has 0 aliphatic heterocycles. The van der Waals surface area contributed by atoms with Gasteiger partial charge >= 0.3 is 0 Å². The van der Waals surface area contributed by atoms with Gasteiger partial charge in [0, 0.05) is 11.3 Å². The molecule has 2 rings (SSSR count). The molecule has 0 atom stereocenters. The van der Waals surface area contributed by atoms with Gasteiger partial charge in [0.2, 0.25) is 0 Å². The van der Waals surface area contributed by atoms with Gasteiger partial charge in [0.1, 0.15) is 0 Å². The van der Waals surface area contributed by atoms with Gasteiger partial charge in [0.25, 0.3) is 0 Å². The summed E-state index contributed by atoms with van der Waals surface area (Å²) < 4.78 is 0. The van der Waals surface area contributed by atoms with Crippen molar-refractivity contribution < 1.29 is 0 Å². The highest BCUT2D eigenvalue weighted by Crippen LogP contribution is 2.41. The molecule has 0 saturated heterocycles. The molecule has 1 aliphatic carbocycles. The third kappa shape index (κ3) is 1.73. The van der Waals surface area contributed by atoms with Crippen molar-refractivity contribution in [3.8, 4) is 0 Å². The first-order valence-electron chi connectivity index (χ1n) is 6.24. The topological polar surface area (TPSA) is 0 Å². The summed E-state index contributed by atoms with van der Waals surface area (Å²) in [4.78, 5) is 0. The van der Waals surface area contributed by atoms with Crippen LogP contribution in [0.1, 0.15) is 32.3 Å². The van der Waals surface area contributed by atoms with E-state index >= 15 is 0 Å². The van der Waals surface area contributed by atoms with E-state index < -0.39 is 0 Å². The van der Waals surface area contributed by atoms with Gasteiger partial charge in [-0.05, 0) is 18.4 Å². The van der Waals surface area contributed by atoms with Crippen LogP contribution in [0.3, 0.4) is 0 Å². The molecule has 0 radical (unpaired) electrons. The lowest BCUT2D eigenvalue weighted by atomic mass is 9.67. The molecule has 0 nitrogen and oxygen atoms in total. The Bertz CT molecular complexity index is 368. The Morgan fingerprint density at radius 2 is 1.50 bits per heavy atom. The molecule has 1 aromatic rings. The predicted octanol–water partition coefficient (Wildman–Crippen LogP) is 4.49. The van der Waals surface area contributed by atoms with Crippen LogP contribution in [0.4, 0.5) is 0 Å². The summed E-state index contributed by atoms with van der Waals surface area (Å²) in [6, 6.07) is 10.9. The van der Waals surface area contributed by atoms with Crippen LogP contribution < -0.4 is 0 Å². The first-order valence-corrected chi connectivity index (χ1v) is 6.24. The second-order valence-corrected chi connectivity index (χ2v) is 4.52. The van der Waals surface area contributed by atoms with E-state index in [9.17, 15) is 0 Å². The molecule has 84 valence electrons. The smallest absolute Gasteiger partial charge is 0.00496 e. The first kappa shape index (κ1) is 11.2. The van der Waals surface area contributed by atoms with Gasteiger partial charge in [-0.3, -0.25) is 0 Å². The molecule has 0 fully saturated rings. The Labute approximate surface area is 98.7 Å². The van der Waals surface area contributed by atoms with E-state index in [1.54, 1.807) is 0 Å². The predicted molar refractivity (Wildman–Crippen MR) is 70.5 cm³/mol. The third-order valence-electron chi connectivity index (χ3n) is 4.00. The average Bonchev–Trinajstić information content (AvgIpc) is 2.87. The van der Waals surface area contributed by atoms with E-state index in [0.717, 1.165) is 0 Å². The van der Waals surface area contributed by atoms with Crippen molar-refractivity contribution >= 4 is 0 Å². The normalized spacial score (nSPS) is 15.9. The molecule has 0 heteroatoms. The summed E-state index contributed by atoms with van der Waals surface area (Å²) in [6.07, 6.45) is 11.4. The SMILES string of the molecule is CCC(CC)(c1ccccc1)C1C=CC=C1. The summed E-state index contributed by atoms with van der Waals surface area (Å²) in [7, 11) is 0. The van der Waals surface area contributed by atoms with Gasteiger partial charge < -0.3 is 0 Å². The lowest BCUT2D eigenvalue weighted by Crippen LogP contribution is -2.31. The standard InChI is InChI=1S/C16H20/c1-3-16(4-2,15-12-8-9-13-15)14-10-6-5-7-11-14/h5-13,15H,3-4H2,1-2H3. The maximum atomic E-state index is 2.33. The number of hydrogen-bond donors (Lipinski definition) is 0. The minimum Gasteiger partial charge on any atom is -0.0767 e. The van der Waals surface area contributed by atoms with Crippen LogP contribution in [-0.4, -0.2) is 0 Å². The largest absolute Gasteiger partial charge is 0.0767 e. The summed E-state index contributed by atoms with van der Waals surface area (Å²) in [5.74, 6) is 0.560. The molecule has 0 heterocycles. The summed E-state index contributed by atoms with van der Waals surface area (Å²) in [5.41, 5.74) is 1.76. The minimum atomic E-state index is 0.282. The van der Waals surface area contributed by atoms with Gasteiger partial charge in [0.15, 0.2) is 0 Å². The Kier molecular flexibility index (Phi) is 3.28. The van der Waals surface area contributed by atoms with Gasteiger partial charge in [-0.2, -0.15) is 0 Å². The average molecular weight is 212 g/mol. The van der Waals surface area contributed by atoms with Gasteiger partial charge in [-0.25, -0.2) is 0 Å². The van der Waals surface area contributed by atoms with Crippen LogP contribution in [0.15, 0.2) is 54.6 Å². The van der Waals surface area contributed by atoms with Crippen molar-refractivity contribution in [1.82, 2.24) is 0 Å². The van der Waals surface area contributed by atoms with Crippen LogP contribution in [0, 0.1) is 5.92 Å². The summed E-state index contributed by atoms with van der Waals surface area (Å²) in [5, 5.41) is 0. The second kappa shape index (κ2) is 4.69. The van der Waals surface area contributed by atoms with Gasteiger partial charge in [-0.15, -0.1) is 0 Å². The van der Waals surface area contributed by atoms with Crippen molar-refractivity contribution in [3.63, 3.8) is 0 Å². The molecule has 0 amide bonds. The number of allylic oxidation sites excluding steroid dienone is 4. The Balaban J connectivity index is 2.42. The van der Waals surface area contributed by atoms with E-state index in [0.29, 0.717) is 5.92 Å². The lowest BCUT2D eigenvalue weighted by molar-refractivity contribution is 0.338. The van der Waals surface area contributed by atoms with Crippen LogP contribution in [0.25, 0.3) is 0 Å². The zero-order chi connectivity index (χ0) is 11.4. The number of rotatable bonds is 4. The van der Waals surface area contributed by atoms with Gasteiger partial charge in [-0.1, -0.05) is 68.5 Å². The zero-order valence-electron chi connectivity index (χ0n) is 10.2. The highest BCUT2D eigenvalue weighted by molar-refractivity contribution is 5.33. The molecule has 0 N–H and O–H groups in total. The molecule has 0 unspecified atom stereocenters. The summed E-state index contributed by atoms with van der Waals surface area (Å²) >= 11 is 0. The molecule has 1 aromatic carbocycles. The number of hydrogen-bond acceptors (Lipinski definition) is 0. The molecule has 0 bridgehead atoms. The Hall–Kier alpha value is -1.30. The highest BCUT2D eigenvalue weighted by Gasteiger charge is 2.34. The highest BCUT2D eigenvalue weighted by atomic mass is 14.4. The van der Waals surface area contributed by atoms with E-state index in [1.807, 2.05) is 0 Å². The molecular formula is C16H20. The molecular weight excluding hydrogens is 192 g/mol. The van der Waals surface area contributed by atoms with Crippen LogP contribution in [-0.2, 0) is 5.41 Å². The van der Waals surface area contributed by atoms with Crippen molar-refractivity contribution in [2.45, 2.75) is 32.1 Å². The fourth-order valence-electron chi connectivity index (χ4n) is 2.89. The van der Waals surface area contributed by atoms with Crippen molar-refractivity contribution in [3.05, 3.63) is 60.2 Å². The van der Waals surface area contributed by atoms with Crippen LogP contribution in [0.5, 0.6) is 0 Å². The lowest BCUT2D eigenvalue weighted by Gasteiger charge is -2.36. The van der Waals surface area contributed by atoms with E-state index in [-0.39, 0.29) is 5.41 Å².